The molecule has 1 N–H and O–H groups in total. The monoisotopic (exact) mass is 409 g/mol. The number of amides is 2. The molecule has 1 fully saturated rings. The maximum absolute atomic E-state index is 12.7. The van der Waals surface area contributed by atoms with Crippen LogP contribution in [0.4, 0.5) is 5.69 Å². The number of rotatable bonds is 5. The molecular formula is C23H27N3O4. The van der Waals surface area contributed by atoms with E-state index in [1.807, 2.05) is 12.1 Å². The molecule has 1 saturated heterocycles. The van der Waals surface area contributed by atoms with Crippen molar-refractivity contribution in [3.05, 3.63) is 53.6 Å². The molecule has 2 aliphatic heterocycles. The molecule has 0 saturated carbocycles. The average molecular weight is 409 g/mol. The van der Waals surface area contributed by atoms with Crippen LogP contribution in [0.2, 0.25) is 0 Å². The molecule has 4 rings (SSSR count). The van der Waals surface area contributed by atoms with Gasteiger partial charge in [0.05, 0.1) is 6.54 Å². The van der Waals surface area contributed by atoms with Crippen molar-refractivity contribution in [2.75, 3.05) is 45.7 Å². The number of carbonyl (C=O) groups is 2. The van der Waals surface area contributed by atoms with Crippen molar-refractivity contribution in [3.8, 4) is 11.5 Å². The first-order valence-corrected chi connectivity index (χ1v) is 10.3. The lowest BCUT2D eigenvalue weighted by Crippen LogP contribution is -2.33. The highest BCUT2D eigenvalue weighted by atomic mass is 16.6. The molecule has 0 radical (unpaired) electrons. The lowest BCUT2D eigenvalue weighted by Gasteiger charge is -2.26. The van der Waals surface area contributed by atoms with E-state index in [1.165, 1.54) is 4.90 Å². The molecule has 0 bridgehead atoms. The van der Waals surface area contributed by atoms with Crippen LogP contribution in [-0.2, 0) is 4.79 Å². The van der Waals surface area contributed by atoms with Crippen molar-refractivity contribution in [3.63, 3.8) is 0 Å². The highest BCUT2D eigenvalue weighted by molar-refractivity contribution is 5.97. The fourth-order valence-corrected chi connectivity index (χ4v) is 4.03. The van der Waals surface area contributed by atoms with Gasteiger partial charge in [0.15, 0.2) is 11.5 Å². The molecule has 1 unspecified atom stereocenters. The molecule has 0 spiro atoms. The highest BCUT2D eigenvalue weighted by Crippen LogP contribution is 2.37. The SMILES string of the molecule is CN(C)C(=O)c1cccc(NC(=O)CN2CCCC2c2ccc3c(c2)OCCO3)c1. The van der Waals surface area contributed by atoms with Crippen LogP contribution in [0.25, 0.3) is 0 Å². The minimum atomic E-state index is -0.0932. The number of likely N-dealkylation sites (tertiary alicyclic amines) is 1. The zero-order valence-electron chi connectivity index (χ0n) is 17.4. The fourth-order valence-electron chi connectivity index (χ4n) is 4.03. The van der Waals surface area contributed by atoms with E-state index < -0.39 is 0 Å². The molecule has 7 heteroatoms. The number of carbonyl (C=O) groups excluding carboxylic acids is 2. The molecule has 0 aromatic heterocycles. The summed E-state index contributed by atoms with van der Waals surface area (Å²) in [6, 6.07) is 13.3. The summed E-state index contributed by atoms with van der Waals surface area (Å²) in [5.41, 5.74) is 2.32. The number of benzene rings is 2. The predicted octanol–water partition coefficient (Wildman–Crippen LogP) is 2.94. The van der Waals surface area contributed by atoms with Gasteiger partial charge in [-0.25, -0.2) is 0 Å². The summed E-state index contributed by atoms with van der Waals surface area (Å²) >= 11 is 0. The molecule has 2 aliphatic rings. The van der Waals surface area contributed by atoms with E-state index in [0.717, 1.165) is 36.4 Å². The molecule has 2 aromatic carbocycles. The van der Waals surface area contributed by atoms with E-state index in [4.69, 9.17) is 9.47 Å². The summed E-state index contributed by atoms with van der Waals surface area (Å²) in [6.07, 6.45) is 2.04. The number of nitrogens with one attached hydrogen (secondary N) is 1. The quantitative estimate of drug-likeness (QED) is 0.822. The molecule has 7 nitrogen and oxygen atoms in total. The number of anilines is 1. The second-order valence-electron chi connectivity index (χ2n) is 7.86. The highest BCUT2D eigenvalue weighted by Gasteiger charge is 2.28. The van der Waals surface area contributed by atoms with E-state index in [2.05, 4.69) is 16.3 Å². The second-order valence-corrected chi connectivity index (χ2v) is 7.86. The Kier molecular flexibility index (Phi) is 5.90. The van der Waals surface area contributed by atoms with E-state index in [-0.39, 0.29) is 17.9 Å². The van der Waals surface area contributed by atoms with Gasteiger partial charge in [-0.3, -0.25) is 14.5 Å². The summed E-state index contributed by atoms with van der Waals surface area (Å²) < 4.78 is 11.3. The molecule has 158 valence electrons. The Hall–Kier alpha value is -3.06. The lowest BCUT2D eigenvalue weighted by molar-refractivity contribution is -0.117. The van der Waals surface area contributed by atoms with Crippen molar-refractivity contribution in [2.24, 2.45) is 0 Å². The Balaban J connectivity index is 1.42. The zero-order valence-corrected chi connectivity index (χ0v) is 17.4. The molecule has 0 aliphatic carbocycles. The van der Waals surface area contributed by atoms with Gasteiger partial charge in [0.2, 0.25) is 5.91 Å². The largest absolute Gasteiger partial charge is 0.486 e. The van der Waals surface area contributed by atoms with E-state index >= 15 is 0 Å². The average Bonchev–Trinajstić information content (AvgIpc) is 3.20. The van der Waals surface area contributed by atoms with E-state index in [9.17, 15) is 9.59 Å². The Bertz CT molecular complexity index is 944. The maximum Gasteiger partial charge on any atom is 0.253 e. The maximum atomic E-state index is 12.7. The zero-order chi connectivity index (χ0) is 21.1. The van der Waals surface area contributed by atoms with Gasteiger partial charge in [-0.2, -0.15) is 0 Å². The van der Waals surface area contributed by atoms with E-state index in [0.29, 0.717) is 31.0 Å². The summed E-state index contributed by atoms with van der Waals surface area (Å²) in [6.45, 7) is 2.29. The minimum Gasteiger partial charge on any atom is -0.486 e. The van der Waals surface area contributed by atoms with Crippen molar-refractivity contribution in [1.29, 1.82) is 0 Å². The van der Waals surface area contributed by atoms with Crippen LogP contribution in [-0.4, -0.2) is 62.0 Å². The second kappa shape index (κ2) is 8.75. The summed E-state index contributed by atoms with van der Waals surface area (Å²) in [5, 5.41) is 2.93. The predicted molar refractivity (Wildman–Crippen MR) is 114 cm³/mol. The van der Waals surface area contributed by atoms with Crippen molar-refractivity contribution < 1.29 is 19.1 Å². The first-order chi connectivity index (χ1) is 14.5. The Labute approximate surface area is 176 Å². The third-order valence-corrected chi connectivity index (χ3v) is 5.46. The van der Waals surface area contributed by atoms with Gasteiger partial charge in [-0.05, 0) is 55.3 Å². The summed E-state index contributed by atoms with van der Waals surface area (Å²) in [5.74, 6) is 1.37. The van der Waals surface area contributed by atoms with Crippen LogP contribution in [0, 0.1) is 0 Å². The summed E-state index contributed by atoms with van der Waals surface area (Å²) in [7, 11) is 3.41. The third kappa shape index (κ3) is 4.41. The van der Waals surface area contributed by atoms with Crippen LogP contribution in [0.15, 0.2) is 42.5 Å². The van der Waals surface area contributed by atoms with Crippen LogP contribution in [0.1, 0.15) is 34.8 Å². The molecular weight excluding hydrogens is 382 g/mol. The van der Waals surface area contributed by atoms with Crippen molar-refractivity contribution in [1.82, 2.24) is 9.80 Å². The number of nitrogens with zero attached hydrogens (tertiary/aromatic N) is 2. The smallest absolute Gasteiger partial charge is 0.253 e. The Morgan fingerprint density at radius 1 is 1.10 bits per heavy atom. The number of hydrogen-bond donors (Lipinski definition) is 1. The van der Waals surface area contributed by atoms with Gasteiger partial charge in [-0.15, -0.1) is 0 Å². The molecule has 2 aromatic rings. The van der Waals surface area contributed by atoms with Crippen molar-refractivity contribution in [2.45, 2.75) is 18.9 Å². The Morgan fingerprint density at radius 2 is 1.90 bits per heavy atom. The van der Waals surface area contributed by atoms with Crippen LogP contribution in [0.3, 0.4) is 0 Å². The number of ether oxygens (including phenoxy) is 2. The lowest BCUT2D eigenvalue weighted by atomic mass is 10.0. The standard InChI is InChI=1S/C23H27N3O4/c1-25(2)23(28)17-5-3-6-18(13-17)24-22(27)15-26-10-4-7-19(26)16-8-9-20-21(14-16)30-12-11-29-20/h3,5-6,8-9,13-14,19H,4,7,10-12,15H2,1-2H3,(H,24,27). The first kappa shape index (κ1) is 20.2. The van der Waals surface area contributed by atoms with Gasteiger partial charge in [-0.1, -0.05) is 12.1 Å². The molecule has 1 atom stereocenters. The van der Waals surface area contributed by atoms with Gasteiger partial charge in [0.25, 0.3) is 5.91 Å². The van der Waals surface area contributed by atoms with Gasteiger partial charge < -0.3 is 19.7 Å². The van der Waals surface area contributed by atoms with Gasteiger partial charge >= 0.3 is 0 Å². The normalized spacial score (nSPS) is 18.1. The summed E-state index contributed by atoms with van der Waals surface area (Å²) in [4.78, 5) is 28.6. The molecule has 2 amide bonds. The topological polar surface area (TPSA) is 71.1 Å². The third-order valence-electron chi connectivity index (χ3n) is 5.46. The van der Waals surface area contributed by atoms with Gasteiger partial charge in [0, 0.05) is 31.4 Å². The fraction of sp³-hybridized carbons (Fsp3) is 0.391. The molecule has 2 heterocycles. The minimum absolute atomic E-state index is 0.0890. The number of fused-ring (bicyclic) bond motifs is 1. The van der Waals surface area contributed by atoms with E-state index in [1.54, 1.807) is 38.4 Å². The van der Waals surface area contributed by atoms with Crippen LogP contribution >= 0.6 is 0 Å². The van der Waals surface area contributed by atoms with Crippen LogP contribution in [0.5, 0.6) is 11.5 Å². The van der Waals surface area contributed by atoms with Gasteiger partial charge in [0.1, 0.15) is 13.2 Å². The Morgan fingerprint density at radius 3 is 2.70 bits per heavy atom. The first-order valence-electron chi connectivity index (χ1n) is 10.3. The number of hydrogen-bond acceptors (Lipinski definition) is 5. The van der Waals surface area contributed by atoms with Crippen LogP contribution < -0.4 is 14.8 Å². The van der Waals surface area contributed by atoms with Crippen molar-refractivity contribution >= 4 is 17.5 Å². The molecule has 30 heavy (non-hydrogen) atoms.